The lowest BCUT2D eigenvalue weighted by atomic mass is 10.2. The van der Waals surface area contributed by atoms with Crippen LogP contribution in [0.4, 0.5) is 0 Å². The third-order valence-electron chi connectivity index (χ3n) is 3.90. The molecule has 0 N–H and O–H groups in total. The number of rotatable bonds is 5. The highest BCUT2D eigenvalue weighted by atomic mass is 32.2. The zero-order valence-corrected chi connectivity index (χ0v) is 13.8. The lowest BCUT2D eigenvalue weighted by molar-refractivity contribution is 0.508. The fourth-order valence-electron chi connectivity index (χ4n) is 2.43. The maximum absolute atomic E-state index is 5.81. The van der Waals surface area contributed by atoms with Crippen LogP contribution in [0.1, 0.15) is 42.6 Å². The van der Waals surface area contributed by atoms with Gasteiger partial charge in [0, 0.05) is 18.5 Å². The van der Waals surface area contributed by atoms with Gasteiger partial charge in [-0.15, -0.1) is 20.4 Å². The predicted octanol–water partition coefficient (Wildman–Crippen LogP) is 3.60. The standard InChI is InChI=1S/C16H17N5OS/c1-10(23-16-20-17-13(21(16)2)11-8-9-11)14-18-19-15(22-14)12-6-4-3-5-7-12/h3-7,10-11H,8-9H2,1-2H3/t10-/m1/s1. The molecule has 1 aliphatic carbocycles. The van der Waals surface area contributed by atoms with Crippen LogP contribution in [0.15, 0.2) is 39.9 Å². The molecule has 0 spiro atoms. The second kappa shape index (κ2) is 5.81. The van der Waals surface area contributed by atoms with Gasteiger partial charge < -0.3 is 8.98 Å². The number of thioether (sulfide) groups is 1. The van der Waals surface area contributed by atoms with Gasteiger partial charge in [-0.05, 0) is 31.9 Å². The molecule has 0 radical (unpaired) electrons. The van der Waals surface area contributed by atoms with E-state index in [0.29, 0.717) is 17.7 Å². The molecule has 2 heterocycles. The highest BCUT2D eigenvalue weighted by Crippen LogP contribution is 2.41. The van der Waals surface area contributed by atoms with Crippen molar-refractivity contribution in [3.05, 3.63) is 42.0 Å². The Balaban J connectivity index is 1.51. The van der Waals surface area contributed by atoms with Crippen molar-refractivity contribution in [2.75, 3.05) is 0 Å². The van der Waals surface area contributed by atoms with Crippen LogP contribution in [0.5, 0.6) is 0 Å². The van der Waals surface area contributed by atoms with E-state index in [1.54, 1.807) is 11.8 Å². The summed E-state index contributed by atoms with van der Waals surface area (Å²) in [6, 6.07) is 9.79. The van der Waals surface area contributed by atoms with Gasteiger partial charge in [0.25, 0.3) is 0 Å². The molecule has 0 aliphatic heterocycles. The summed E-state index contributed by atoms with van der Waals surface area (Å²) in [4.78, 5) is 0. The molecular formula is C16H17N5OS. The van der Waals surface area contributed by atoms with Gasteiger partial charge in [0.05, 0.1) is 5.25 Å². The lowest BCUT2D eigenvalue weighted by Gasteiger charge is -2.06. The Morgan fingerprint density at radius 1 is 1.13 bits per heavy atom. The molecule has 1 aliphatic rings. The van der Waals surface area contributed by atoms with Crippen molar-refractivity contribution in [2.45, 2.75) is 36.1 Å². The number of aromatic nitrogens is 5. The van der Waals surface area contributed by atoms with E-state index in [9.17, 15) is 0 Å². The first kappa shape index (κ1) is 14.4. The number of hydrogen-bond donors (Lipinski definition) is 0. The Bertz CT molecular complexity index is 809. The Hall–Kier alpha value is -2.15. The van der Waals surface area contributed by atoms with Crippen LogP contribution in [0.25, 0.3) is 11.5 Å². The maximum atomic E-state index is 5.81. The molecule has 0 saturated heterocycles. The molecule has 0 amide bonds. The van der Waals surface area contributed by atoms with Gasteiger partial charge in [0.1, 0.15) is 5.82 Å². The highest BCUT2D eigenvalue weighted by Gasteiger charge is 2.30. The Morgan fingerprint density at radius 3 is 2.65 bits per heavy atom. The van der Waals surface area contributed by atoms with E-state index in [1.165, 1.54) is 12.8 Å². The maximum Gasteiger partial charge on any atom is 0.247 e. The van der Waals surface area contributed by atoms with E-state index in [1.807, 2.05) is 44.3 Å². The second-order valence-corrected chi connectivity index (χ2v) is 7.05. The van der Waals surface area contributed by atoms with E-state index in [2.05, 4.69) is 25.0 Å². The van der Waals surface area contributed by atoms with Gasteiger partial charge in [0.15, 0.2) is 5.16 Å². The minimum Gasteiger partial charge on any atom is -0.419 e. The average Bonchev–Trinajstić information content (AvgIpc) is 3.17. The molecule has 0 bridgehead atoms. The first-order valence-corrected chi connectivity index (χ1v) is 8.55. The Morgan fingerprint density at radius 2 is 1.91 bits per heavy atom. The van der Waals surface area contributed by atoms with Crippen LogP contribution < -0.4 is 0 Å². The quantitative estimate of drug-likeness (QED) is 0.667. The van der Waals surface area contributed by atoms with Gasteiger partial charge in [-0.25, -0.2) is 0 Å². The summed E-state index contributed by atoms with van der Waals surface area (Å²) < 4.78 is 7.89. The number of hydrogen-bond acceptors (Lipinski definition) is 6. The molecule has 118 valence electrons. The van der Waals surface area contributed by atoms with Crippen LogP contribution >= 0.6 is 11.8 Å². The molecule has 4 rings (SSSR count). The molecule has 0 unspecified atom stereocenters. The second-order valence-electron chi connectivity index (χ2n) is 5.75. The normalized spacial score (nSPS) is 15.7. The first-order valence-electron chi connectivity index (χ1n) is 7.67. The van der Waals surface area contributed by atoms with Gasteiger partial charge in [0.2, 0.25) is 11.8 Å². The van der Waals surface area contributed by atoms with E-state index < -0.39 is 0 Å². The SMILES string of the molecule is C[C@@H](Sc1nnc(C2CC2)n1C)c1nnc(-c2ccccc2)o1. The third kappa shape index (κ3) is 2.88. The largest absolute Gasteiger partial charge is 0.419 e. The van der Waals surface area contributed by atoms with Crippen molar-refractivity contribution < 1.29 is 4.42 Å². The predicted molar refractivity (Wildman–Crippen MR) is 87.0 cm³/mol. The monoisotopic (exact) mass is 327 g/mol. The van der Waals surface area contributed by atoms with Crippen molar-refractivity contribution in [3.63, 3.8) is 0 Å². The molecular weight excluding hydrogens is 310 g/mol. The van der Waals surface area contributed by atoms with Crippen molar-refractivity contribution >= 4 is 11.8 Å². The summed E-state index contributed by atoms with van der Waals surface area (Å²) in [6.45, 7) is 2.04. The minimum absolute atomic E-state index is 0.0231. The minimum atomic E-state index is 0.0231. The lowest BCUT2D eigenvalue weighted by Crippen LogP contribution is -1.98. The summed E-state index contributed by atoms with van der Waals surface area (Å²) in [7, 11) is 2.02. The molecule has 7 heteroatoms. The summed E-state index contributed by atoms with van der Waals surface area (Å²) in [5, 5.41) is 17.8. The van der Waals surface area contributed by atoms with Crippen molar-refractivity contribution in [2.24, 2.45) is 7.05 Å². The van der Waals surface area contributed by atoms with E-state index in [0.717, 1.165) is 16.5 Å². The summed E-state index contributed by atoms with van der Waals surface area (Å²) in [5.41, 5.74) is 0.929. The summed E-state index contributed by atoms with van der Waals surface area (Å²) >= 11 is 1.59. The summed E-state index contributed by atoms with van der Waals surface area (Å²) in [6.07, 6.45) is 2.44. The average molecular weight is 327 g/mol. The molecule has 3 aromatic rings. The molecule has 2 aromatic heterocycles. The van der Waals surface area contributed by atoms with Crippen molar-refractivity contribution in [1.29, 1.82) is 0 Å². The topological polar surface area (TPSA) is 69.6 Å². The van der Waals surface area contributed by atoms with E-state index in [4.69, 9.17) is 4.42 Å². The zero-order chi connectivity index (χ0) is 15.8. The van der Waals surface area contributed by atoms with Crippen molar-refractivity contribution in [3.8, 4) is 11.5 Å². The first-order chi connectivity index (χ1) is 11.2. The molecule has 1 fully saturated rings. The smallest absolute Gasteiger partial charge is 0.247 e. The molecule has 6 nitrogen and oxygen atoms in total. The van der Waals surface area contributed by atoms with Gasteiger partial charge in [-0.2, -0.15) is 0 Å². The van der Waals surface area contributed by atoms with Crippen LogP contribution in [-0.4, -0.2) is 25.0 Å². The fourth-order valence-corrected chi connectivity index (χ4v) is 3.28. The molecule has 23 heavy (non-hydrogen) atoms. The summed E-state index contributed by atoms with van der Waals surface area (Å²) in [5.74, 6) is 2.81. The molecule has 1 aromatic carbocycles. The Kier molecular flexibility index (Phi) is 3.65. The van der Waals surface area contributed by atoms with Crippen molar-refractivity contribution in [1.82, 2.24) is 25.0 Å². The molecule has 1 atom stereocenters. The van der Waals surface area contributed by atoms with Crippen LogP contribution in [0.2, 0.25) is 0 Å². The number of benzene rings is 1. The zero-order valence-electron chi connectivity index (χ0n) is 13.0. The van der Waals surface area contributed by atoms with Crippen LogP contribution in [0, 0.1) is 0 Å². The number of nitrogens with zero attached hydrogens (tertiary/aromatic N) is 5. The highest BCUT2D eigenvalue weighted by molar-refractivity contribution is 7.99. The van der Waals surface area contributed by atoms with Crippen LogP contribution in [-0.2, 0) is 7.05 Å². The van der Waals surface area contributed by atoms with E-state index in [-0.39, 0.29) is 5.25 Å². The van der Waals surface area contributed by atoms with E-state index >= 15 is 0 Å². The molecule has 1 saturated carbocycles. The third-order valence-corrected chi connectivity index (χ3v) is 5.02. The van der Waals surface area contributed by atoms with Gasteiger partial charge in [-0.3, -0.25) is 0 Å². The fraction of sp³-hybridized carbons (Fsp3) is 0.375. The van der Waals surface area contributed by atoms with Gasteiger partial charge >= 0.3 is 0 Å². The van der Waals surface area contributed by atoms with Crippen LogP contribution in [0.3, 0.4) is 0 Å². The Labute approximate surface area is 138 Å². The van der Waals surface area contributed by atoms with Gasteiger partial charge in [-0.1, -0.05) is 30.0 Å².